The lowest BCUT2D eigenvalue weighted by molar-refractivity contribution is 0.139. The number of hydrogen-bond acceptors (Lipinski definition) is 5. The Morgan fingerprint density at radius 3 is 2.57 bits per heavy atom. The van der Waals surface area contributed by atoms with Gasteiger partial charge >= 0.3 is 0 Å². The molecule has 1 aromatic heterocycles. The second-order valence-corrected chi connectivity index (χ2v) is 7.97. The average molecular weight is 517 g/mol. The predicted molar refractivity (Wildman–Crippen MR) is 130 cm³/mol. The lowest BCUT2D eigenvalue weighted by atomic mass is 10.2. The quantitative estimate of drug-likeness (QED) is 0.299. The Labute approximate surface area is 189 Å². The molecular weight excluding hydrogens is 485 g/mol. The monoisotopic (exact) mass is 517 g/mol. The van der Waals surface area contributed by atoms with Crippen molar-refractivity contribution in [2.24, 2.45) is 4.99 Å². The Hall–Kier alpha value is -0.940. The predicted octanol–water partition coefficient (Wildman–Crippen LogP) is 2.36. The highest BCUT2D eigenvalue weighted by atomic mass is 127. The normalized spacial score (nSPS) is 17.3. The molecule has 0 aliphatic carbocycles. The van der Waals surface area contributed by atoms with Gasteiger partial charge in [-0.2, -0.15) is 0 Å². The minimum absolute atomic E-state index is 0. The van der Waals surface area contributed by atoms with Gasteiger partial charge in [-0.15, -0.1) is 35.3 Å². The third kappa shape index (κ3) is 6.55. The molecule has 6 nitrogen and oxygen atoms in total. The smallest absolute Gasteiger partial charge is 0.191 e. The molecule has 1 saturated heterocycles. The first-order valence-corrected chi connectivity index (χ1v) is 10.6. The highest BCUT2D eigenvalue weighted by Gasteiger charge is 2.15. The maximum Gasteiger partial charge on any atom is 0.191 e. The fourth-order valence-corrected chi connectivity index (χ4v) is 4.39. The molecule has 0 saturated carbocycles. The molecule has 0 amide bonds. The summed E-state index contributed by atoms with van der Waals surface area (Å²) in [6, 6.07) is 10.3. The number of nitrogens with one attached hydrogen (secondary N) is 2. The van der Waals surface area contributed by atoms with Gasteiger partial charge in [-0.25, -0.2) is 0 Å². The van der Waals surface area contributed by atoms with Crippen LogP contribution in [-0.4, -0.2) is 80.3 Å². The Kier molecular flexibility index (Phi) is 9.93. The fourth-order valence-electron chi connectivity index (χ4n) is 3.34. The Bertz CT molecular complexity index is 712. The van der Waals surface area contributed by atoms with Crippen molar-refractivity contribution in [1.82, 2.24) is 20.4 Å². The van der Waals surface area contributed by atoms with Crippen LogP contribution in [0.15, 0.2) is 35.3 Å². The van der Waals surface area contributed by atoms with Gasteiger partial charge in [0.1, 0.15) is 6.10 Å². The highest BCUT2D eigenvalue weighted by molar-refractivity contribution is 14.0. The average Bonchev–Trinajstić information content (AvgIpc) is 3.15. The van der Waals surface area contributed by atoms with E-state index in [0.29, 0.717) is 6.54 Å². The Balaban J connectivity index is 0.00000280. The van der Waals surface area contributed by atoms with E-state index in [2.05, 4.69) is 50.5 Å². The molecule has 0 bridgehead atoms. The van der Waals surface area contributed by atoms with Crippen molar-refractivity contribution in [3.63, 3.8) is 0 Å². The van der Waals surface area contributed by atoms with Gasteiger partial charge in [-0.05, 0) is 24.1 Å². The van der Waals surface area contributed by atoms with Crippen LogP contribution in [0.2, 0.25) is 0 Å². The molecule has 156 valence electrons. The number of nitrogens with zero attached hydrogens (tertiary/aromatic N) is 3. The van der Waals surface area contributed by atoms with E-state index < -0.39 is 6.10 Å². The molecule has 3 rings (SSSR count). The highest BCUT2D eigenvalue weighted by Crippen LogP contribution is 2.29. The SMILES string of the molecule is CCN1CCN(CCNC(=NC)NCC(O)c2cc3ccccc3s2)CC1.I. The number of guanidine groups is 1. The van der Waals surface area contributed by atoms with Gasteiger partial charge in [-0.3, -0.25) is 9.89 Å². The third-order valence-corrected chi connectivity index (χ3v) is 6.31. The minimum Gasteiger partial charge on any atom is -0.386 e. The van der Waals surface area contributed by atoms with Gasteiger partial charge in [0.05, 0.1) is 0 Å². The molecule has 28 heavy (non-hydrogen) atoms. The Morgan fingerprint density at radius 2 is 1.89 bits per heavy atom. The molecule has 1 atom stereocenters. The maximum atomic E-state index is 10.5. The topological polar surface area (TPSA) is 63.1 Å². The molecule has 8 heteroatoms. The summed E-state index contributed by atoms with van der Waals surface area (Å²) in [5.41, 5.74) is 0. The van der Waals surface area contributed by atoms with Crippen LogP contribution in [0.25, 0.3) is 10.1 Å². The Morgan fingerprint density at radius 1 is 1.18 bits per heavy atom. The van der Waals surface area contributed by atoms with Crippen molar-refractivity contribution in [2.75, 3.05) is 59.4 Å². The number of aliphatic hydroxyl groups is 1. The van der Waals surface area contributed by atoms with E-state index in [4.69, 9.17) is 0 Å². The van der Waals surface area contributed by atoms with Crippen molar-refractivity contribution in [2.45, 2.75) is 13.0 Å². The van der Waals surface area contributed by atoms with Crippen LogP contribution in [0, 0.1) is 0 Å². The summed E-state index contributed by atoms with van der Waals surface area (Å²) >= 11 is 1.64. The summed E-state index contributed by atoms with van der Waals surface area (Å²) in [4.78, 5) is 10.2. The largest absolute Gasteiger partial charge is 0.386 e. The van der Waals surface area contributed by atoms with Crippen LogP contribution >= 0.6 is 35.3 Å². The summed E-state index contributed by atoms with van der Waals surface area (Å²) in [6.45, 7) is 10.3. The lowest BCUT2D eigenvalue weighted by Crippen LogP contribution is -2.49. The number of fused-ring (bicyclic) bond motifs is 1. The van der Waals surface area contributed by atoms with E-state index in [1.165, 1.54) is 10.1 Å². The maximum absolute atomic E-state index is 10.5. The molecule has 1 unspecified atom stereocenters. The molecule has 1 aliphatic rings. The number of benzene rings is 1. The first-order chi connectivity index (χ1) is 13.2. The number of aliphatic hydroxyl groups excluding tert-OH is 1. The first-order valence-electron chi connectivity index (χ1n) is 9.75. The first kappa shape index (κ1) is 23.3. The molecule has 1 aromatic carbocycles. The van der Waals surface area contributed by atoms with Crippen molar-refractivity contribution in [3.05, 3.63) is 35.2 Å². The van der Waals surface area contributed by atoms with E-state index >= 15 is 0 Å². The summed E-state index contributed by atoms with van der Waals surface area (Å²) in [5, 5.41) is 18.3. The molecule has 0 radical (unpaired) electrons. The van der Waals surface area contributed by atoms with E-state index in [-0.39, 0.29) is 24.0 Å². The third-order valence-electron chi connectivity index (χ3n) is 5.09. The summed E-state index contributed by atoms with van der Waals surface area (Å²) < 4.78 is 1.21. The summed E-state index contributed by atoms with van der Waals surface area (Å²) in [7, 11) is 1.77. The lowest BCUT2D eigenvalue weighted by Gasteiger charge is -2.34. The second-order valence-electron chi connectivity index (χ2n) is 6.86. The molecule has 0 spiro atoms. The van der Waals surface area contributed by atoms with Crippen LogP contribution in [0.3, 0.4) is 0 Å². The van der Waals surface area contributed by atoms with E-state index in [1.54, 1.807) is 18.4 Å². The molecule has 1 fully saturated rings. The van der Waals surface area contributed by atoms with Crippen molar-refractivity contribution >= 4 is 51.4 Å². The zero-order chi connectivity index (χ0) is 19.1. The van der Waals surface area contributed by atoms with Crippen LogP contribution < -0.4 is 10.6 Å². The number of piperazine rings is 1. The fraction of sp³-hybridized carbons (Fsp3) is 0.550. The van der Waals surface area contributed by atoms with Crippen molar-refractivity contribution < 1.29 is 5.11 Å². The van der Waals surface area contributed by atoms with Crippen molar-refractivity contribution in [3.8, 4) is 0 Å². The van der Waals surface area contributed by atoms with Gasteiger partial charge in [0.15, 0.2) is 5.96 Å². The van der Waals surface area contributed by atoms with Gasteiger partial charge in [-0.1, -0.05) is 25.1 Å². The molecule has 1 aliphatic heterocycles. The zero-order valence-corrected chi connectivity index (χ0v) is 19.9. The molecule has 2 aromatic rings. The number of halogens is 1. The van der Waals surface area contributed by atoms with Crippen LogP contribution in [0.5, 0.6) is 0 Å². The van der Waals surface area contributed by atoms with Gasteiger partial charge in [0.25, 0.3) is 0 Å². The number of likely N-dealkylation sites (N-methyl/N-ethyl adjacent to an activating group) is 1. The summed E-state index contributed by atoms with van der Waals surface area (Å²) in [6.07, 6.45) is -0.539. The molecular formula is C20H32IN5OS. The molecule has 3 N–H and O–H groups in total. The van der Waals surface area contributed by atoms with E-state index in [1.807, 2.05) is 12.1 Å². The minimum atomic E-state index is -0.539. The summed E-state index contributed by atoms with van der Waals surface area (Å²) in [5.74, 6) is 0.738. The zero-order valence-electron chi connectivity index (χ0n) is 16.7. The van der Waals surface area contributed by atoms with Crippen LogP contribution in [0.4, 0.5) is 0 Å². The number of aliphatic imine (C=N–C) groups is 1. The number of hydrogen-bond donors (Lipinski definition) is 3. The van der Waals surface area contributed by atoms with Gasteiger partial charge in [0.2, 0.25) is 0 Å². The number of rotatable bonds is 7. The molecule has 2 heterocycles. The van der Waals surface area contributed by atoms with Crippen LogP contribution in [-0.2, 0) is 0 Å². The van der Waals surface area contributed by atoms with Crippen molar-refractivity contribution in [1.29, 1.82) is 0 Å². The van der Waals surface area contributed by atoms with Gasteiger partial charge in [0, 0.05) is 62.4 Å². The van der Waals surface area contributed by atoms with Gasteiger partial charge < -0.3 is 20.6 Å². The number of thiophene rings is 1. The van der Waals surface area contributed by atoms with E-state index in [0.717, 1.165) is 56.6 Å². The standard InChI is InChI=1S/C20H31N5OS.HI/c1-3-24-10-12-25(13-11-24)9-8-22-20(21-2)23-15-17(26)19-14-16-6-4-5-7-18(16)27-19;/h4-7,14,17,26H,3,8-13,15H2,1-2H3,(H2,21,22,23);1H. The van der Waals surface area contributed by atoms with E-state index in [9.17, 15) is 5.11 Å². The second kappa shape index (κ2) is 11.9. The van der Waals surface area contributed by atoms with Crippen LogP contribution in [0.1, 0.15) is 17.9 Å².